The third-order valence-electron chi connectivity index (χ3n) is 9.67. The maximum Gasteiger partial charge on any atom is 0.410 e. The van der Waals surface area contributed by atoms with Crippen LogP contribution in [-0.2, 0) is 22.4 Å². The highest BCUT2D eigenvalue weighted by molar-refractivity contribution is 9.13. The van der Waals surface area contributed by atoms with Crippen LogP contribution in [0.15, 0.2) is 51.4 Å². The Morgan fingerprint density at radius 1 is 0.848 bits per heavy atom. The molecule has 0 unspecified atom stereocenters. The van der Waals surface area contributed by atoms with Gasteiger partial charge in [-0.1, -0.05) is 31.7 Å². The lowest BCUT2D eigenvalue weighted by atomic mass is 10.0. The Morgan fingerprint density at radius 3 is 2.24 bits per heavy atom. The highest BCUT2D eigenvalue weighted by Crippen LogP contribution is 2.27. The van der Waals surface area contributed by atoms with Gasteiger partial charge in [0.25, 0.3) is 5.91 Å². The molecule has 2 aromatic rings. The number of likely N-dealkylation sites (tertiary alicyclic amines) is 2. The van der Waals surface area contributed by atoms with E-state index in [9.17, 15) is 14.4 Å². The Morgan fingerprint density at radius 2 is 1.52 bits per heavy atom. The molecular weight excluding hydrogens is 716 g/mol. The van der Waals surface area contributed by atoms with Gasteiger partial charge in [0.15, 0.2) is 6.10 Å². The number of hydrogen-bond donors (Lipinski definition) is 2. The van der Waals surface area contributed by atoms with Gasteiger partial charge >= 0.3 is 12.1 Å². The molecule has 1 atom stereocenters. The molecule has 0 aromatic heterocycles. The van der Waals surface area contributed by atoms with Crippen molar-refractivity contribution >= 4 is 55.6 Å². The summed E-state index contributed by atoms with van der Waals surface area (Å²) >= 11 is 7.08. The molecule has 4 aliphatic rings. The fourth-order valence-corrected chi connectivity index (χ4v) is 7.73. The van der Waals surface area contributed by atoms with E-state index in [0.29, 0.717) is 58.0 Å². The second-order valence-corrected chi connectivity index (χ2v) is 14.1. The first-order valence-corrected chi connectivity index (χ1v) is 17.7. The monoisotopic (exact) mass is 760 g/mol. The van der Waals surface area contributed by atoms with Gasteiger partial charge in [0.2, 0.25) is 0 Å². The van der Waals surface area contributed by atoms with Crippen LogP contribution < -0.4 is 10.6 Å². The van der Waals surface area contributed by atoms with Crippen LogP contribution in [0.5, 0.6) is 0 Å². The van der Waals surface area contributed by atoms with Crippen LogP contribution >= 0.6 is 31.9 Å². The molecule has 6 rings (SSSR count). The highest BCUT2D eigenvalue weighted by Gasteiger charge is 2.36. The van der Waals surface area contributed by atoms with Crippen molar-refractivity contribution < 1.29 is 19.1 Å². The predicted molar refractivity (Wildman–Crippen MR) is 187 cm³/mol. The molecule has 46 heavy (non-hydrogen) atoms. The summed E-state index contributed by atoms with van der Waals surface area (Å²) < 4.78 is 7.85. The van der Waals surface area contributed by atoms with Crippen LogP contribution in [-0.4, -0.2) is 115 Å². The van der Waals surface area contributed by atoms with E-state index in [1.807, 2.05) is 46.2 Å². The maximum absolute atomic E-state index is 13.9. The number of piperidine rings is 2. The highest BCUT2D eigenvalue weighted by atomic mass is 79.9. The van der Waals surface area contributed by atoms with Crippen molar-refractivity contribution in [2.75, 3.05) is 64.2 Å². The number of urea groups is 1. The molecule has 3 fully saturated rings. The Balaban J connectivity index is 0.00000417. The van der Waals surface area contributed by atoms with E-state index in [1.165, 1.54) is 0 Å². The molecule has 3 saturated heterocycles. The van der Waals surface area contributed by atoms with Crippen molar-refractivity contribution in [2.24, 2.45) is 0 Å². The lowest BCUT2D eigenvalue weighted by Gasteiger charge is -2.41. The average Bonchev–Trinajstić information content (AvgIpc) is 3.24. The molecule has 0 aliphatic carbocycles. The van der Waals surface area contributed by atoms with Crippen molar-refractivity contribution in [3.05, 3.63) is 62.5 Å². The van der Waals surface area contributed by atoms with Crippen LogP contribution in [0, 0.1) is 0 Å². The lowest BCUT2D eigenvalue weighted by molar-refractivity contribution is -0.142. The molecule has 4 aliphatic heterocycles. The third kappa shape index (κ3) is 8.24. The van der Waals surface area contributed by atoms with Crippen molar-refractivity contribution in [2.45, 2.75) is 64.1 Å². The number of para-hydroxylation sites is 1. The molecule has 12 heteroatoms. The van der Waals surface area contributed by atoms with Gasteiger partial charge < -0.3 is 30.1 Å². The number of piperazine rings is 1. The number of carbonyl (C=O) groups is 3. The van der Waals surface area contributed by atoms with Gasteiger partial charge in [-0.2, -0.15) is 0 Å². The Hall–Kier alpha value is -2.67. The van der Waals surface area contributed by atoms with Gasteiger partial charge in [-0.3, -0.25) is 9.69 Å². The number of anilines is 1. The van der Waals surface area contributed by atoms with Crippen molar-refractivity contribution in [3.8, 4) is 0 Å². The maximum atomic E-state index is 13.9. The second-order valence-electron chi connectivity index (χ2n) is 12.4. The van der Waals surface area contributed by atoms with E-state index in [0.717, 1.165) is 71.2 Å². The molecular formula is C34H46Br2N6O4. The van der Waals surface area contributed by atoms with E-state index in [-0.39, 0.29) is 25.4 Å². The van der Waals surface area contributed by atoms with Crippen molar-refractivity contribution in [1.29, 1.82) is 0 Å². The fourth-order valence-electron chi connectivity index (χ4n) is 7.06. The van der Waals surface area contributed by atoms with E-state index in [2.05, 4.69) is 53.5 Å². The Bertz CT molecular complexity index is 1370. The number of hydrogen-bond acceptors (Lipinski definition) is 6. The first-order chi connectivity index (χ1) is 21.9. The Labute approximate surface area is 289 Å². The summed E-state index contributed by atoms with van der Waals surface area (Å²) in [6.07, 6.45) is 2.91. The third-order valence-corrected chi connectivity index (χ3v) is 11.6. The van der Waals surface area contributed by atoms with Gasteiger partial charge in [0.1, 0.15) is 0 Å². The summed E-state index contributed by atoms with van der Waals surface area (Å²) in [6, 6.07) is 14.2. The number of amides is 4. The molecule has 4 amide bonds. The number of carbonyl (C=O) groups excluding carboxylic acids is 3. The van der Waals surface area contributed by atoms with Gasteiger partial charge in [-0.25, -0.2) is 9.59 Å². The van der Waals surface area contributed by atoms with E-state index in [4.69, 9.17) is 4.74 Å². The normalized spacial score (nSPS) is 20.7. The quantitative estimate of drug-likeness (QED) is 0.413. The average molecular weight is 763 g/mol. The predicted octanol–water partition coefficient (Wildman–Crippen LogP) is 5.35. The van der Waals surface area contributed by atoms with Crippen LogP contribution in [0.3, 0.4) is 0 Å². The minimum atomic E-state index is -0.908. The van der Waals surface area contributed by atoms with Crippen LogP contribution in [0.25, 0.3) is 0 Å². The summed E-state index contributed by atoms with van der Waals surface area (Å²) in [5, 5.41) is 6.47. The largest absolute Gasteiger partial charge is 0.436 e. The van der Waals surface area contributed by atoms with E-state index >= 15 is 0 Å². The standard InChI is InChI=1S/C33H42Br2N6O4.CH4/c34-27-6-5-23(21-28(27)35)22-30(31(42)39-14-8-25(9-15-39)38-19-12-36-13-20-38)45-33(44)40-16-10-26(11-17-40)41-18-7-24-3-1-2-4-29(24)37-32(41)43;/h1-6,21,25-26,30,36H,7-20,22H2,(H,37,43);1H4/t30-;/m1./s1. The van der Waals surface area contributed by atoms with Crippen molar-refractivity contribution in [3.63, 3.8) is 0 Å². The summed E-state index contributed by atoms with van der Waals surface area (Å²) in [5.41, 5.74) is 2.92. The molecule has 0 spiro atoms. The van der Waals surface area contributed by atoms with Crippen LogP contribution in [0.4, 0.5) is 15.3 Å². The number of rotatable bonds is 6. The van der Waals surface area contributed by atoms with Crippen LogP contribution in [0.1, 0.15) is 44.2 Å². The minimum Gasteiger partial charge on any atom is -0.436 e. The number of ether oxygens (including phenoxy) is 1. The zero-order chi connectivity index (χ0) is 31.3. The molecule has 2 N–H and O–H groups in total. The zero-order valence-electron chi connectivity index (χ0n) is 25.6. The van der Waals surface area contributed by atoms with Gasteiger partial charge in [-0.15, -0.1) is 0 Å². The molecule has 0 saturated carbocycles. The molecule has 10 nitrogen and oxygen atoms in total. The number of nitrogens with one attached hydrogen (secondary N) is 2. The molecule has 250 valence electrons. The van der Waals surface area contributed by atoms with Crippen LogP contribution in [0.2, 0.25) is 0 Å². The number of halogens is 2. The summed E-state index contributed by atoms with van der Waals surface area (Å²) in [5.74, 6) is -0.128. The Kier molecular flexibility index (Phi) is 12.0. The van der Waals surface area contributed by atoms with E-state index in [1.54, 1.807) is 4.90 Å². The van der Waals surface area contributed by atoms with E-state index < -0.39 is 12.2 Å². The second kappa shape index (κ2) is 16.0. The lowest BCUT2D eigenvalue weighted by Crippen LogP contribution is -2.54. The summed E-state index contributed by atoms with van der Waals surface area (Å²) in [7, 11) is 0. The SMILES string of the molecule is C.O=C(O[C@H](Cc1ccc(Br)c(Br)c1)C(=O)N1CCC(N2CCNCC2)CC1)N1CCC(N2CCc3ccccc3NC2=O)CC1. The van der Waals surface area contributed by atoms with Gasteiger partial charge in [-0.05, 0) is 93.3 Å². The topological polar surface area (TPSA) is 97.5 Å². The number of fused-ring (bicyclic) bond motifs is 1. The molecule has 4 heterocycles. The molecule has 0 bridgehead atoms. The van der Waals surface area contributed by atoms with Gasteiger partial charge in [0.05, 0.1) is 0 Å². The smallest absolute Gasteiger partial charge is 0.410 e. The minimum absolute atomic E-state index is 0. The zero-order valence-corrected chi connectivity index (χ0v) is 28.7. The first-order valence-electron chi connectivity index (χ1n) is 16.1. The fraction of sp³-hybridized carbons (Fsp3) is 0.559. The summed E-state index contributed by atoms with van der Waals surface area (Å²) in [6.45, 7) is 7.03. The summed E-state index contributed by atoms with van der Waals surface area (Å²) in [4.78, 5) is 48.5. The van der Waals surface area contributed by atoms with Gasteiger partial charge in [0, 0.05) is 92.0 Å². The van der Waals surface area contributed by atoms with Crippen molar-refractivity contribution in [1.82, 2.24) is 24.9 Å². The first kappa shape index (κ1) is 34.7. The number of benzene rings is 2. The molecule has 2 aromatic carbocycles. The molecule has 0 radical (unpaired) electrons. The number of nitrogens with zero attached hydrogens (tertiary/aromatic N) is 4.